The Labute approximate surface area is 129 Å². The summed E-state index contributed by atoms with van der Waals surface area (Å²) in [7, 11) is 1.57. The predicted octanol–water partition coefficient (Wildman–Crippen LogP) is 2.60. The van der Waals surface area contributed by atoms with E-state index in [1.165, 1.54) is 0 Å². The summed E-state index contributed by atoms with van der Waals surface area (Å²) >= 11 is 0. The maximum atomic E-state index is 11.9. The number of aliphatic hydroxyl groups is 1. The molecule has 0 unspecified atom stereocenters. The molecule has 5 nitrogen and oxygen atoms in total. The first-order chi connectivity index (χ1) is 10.7. The third kappa shape index (κ3) is 4.49. The number of hydrogen-bond donors (Lipinski definition) is 2. The van der Waals surface area contributed by atoms with Crippen molar-refractivity contribution < 1.29 is 19.4 Å². The Kier molecular flexibility index (Phi) is 5.80. The molecule has 0 aliphatic heterocycles. The number of carbonyl (C=O) groups is 1. The maximum absolute atomic E-state index is 11.9. The summed E-state index contributed by atoms with van der Waals surface area (Å²) in [5.74, 6) is 1.10. The zero-order chi connectivity index (χ0) is 15.8. The van der Waals surface area contributed by atoms with E-state index >= 15 is 0 Å². The molecule has 22 heavy (non-hydrogen) atoms. The molecule has 0 heterocycles. The lowest BCUT2D eigenvalue weighted by molar-refractivity contribution is -0.116. The SMILES string of the molecule is COc1ccccc1OCCC(=O)Nc1cccc(CO)c1. The van der Waals surface area contributed by atoms with Gasteiger partial charge >= 0.3 is 0 Å². The van der Waals surface area contributed by atoms with E-state index in [0.29, 0.717) is 17.2 Å². The molecule has 0 aliphatic carbocycles. The van der Waals surface area contributed by atoms with Crippen molar-refractivity contribution in [3.8, 4) is 11.5 Å². The number of aliphatic hydroxyl groups excluding tert-OH is 1. The molecule has 116 valence electrons. The molecule has 0 bridgehead atoms. The fourth-order valence-electron chi connectivity index (χ4n) is 1.96. The van der Waals surface area contributed by atoms with Crippen molar-refractivity contribution in [3.63, 3.8) is 0 Å². The van der Waals surface area contributed by atoms with Gasteiger partial charge in [0.1, 0.15) is 0 Å². The van der Waals surface area contributed by atoms with Crippen molar-refractivity contribution in [2.75, 3.05) is 19.0 Å². The second-order valence-corrected chi connectivity index (χ2v) is 4.66. The lowest BCUT2D eigenvalue weighted by Crippen LogP contribution is -2.15. The van der Waals surface area contributed by atoms with Crippen LogP contribution in [0.4, 0.5) is 5.69 Å². The Morgan fingerprint density at radius 2 is 1.91 bits per heavy atom. The standard InChI is InChI=1S/C17H19NO4/c1-21-15-7-2-3-8-16(15)22-10-9-17(20)18-14-6-4-5-13(11-14)12-19/h2-8,11,19H,9-10,12H2,1H3,(H,18,20). The van der Waals surface area contributed by atoms with Crippen molar-refractivity contribution in [1.82, 2.24) is 0 Å². The Bertz CT molecular complexity index is 628. The van der Waals surface area contributed by atoms with Gasteiger partial charge in [-0.2, -0.15) is 0 Å². The van der Waals surface area contributed by atoms with Gasteiger partial charge in [0.15, 0.2) is 11.5 Å². The van der Waals surface area contributed by atoms with Crippen LogP contribution in [0.5, 0.6) is 11.5 Å². The number of anilines is 1. The number of amides is 1. The van der Waals surface area contributed by atoms with E-state index in [-0.39, 0.29) is 25.5 Å². The predicted molar refractivity (Wildman–Crippen MR) is 84.1 cm³/mol. The third-order valence-corrected chi connectivity index (χ3v) is 3.05. The van der Waals surface area contributed by atoms with Gasteiger partial charge < -0.3 is 19.9 Å². The van der Waals surface area contributed by atoms with Crippen molar-refractivity contribution in [3.05, 3.63) is 54.1 Å². The number of nitrogens with one attached hydrogen (secondary N) is 1. The Morgan fingerprint density at radius 3 is 2.64 bits per heavy atom. The van der Waals surface area contributed by atoms with Gasteiger partial charge in [-0.3, -0.25) is 4.79 Å². The lowest BCUT2D eigenvalue weighted by atomic mass is 10.2. The first-order valence-corrected chi connectivity index (χ1v) is 6.98. The van der Waals surface area contributed by atoms with Crippen LogP contribution in [0.25, 0.3) is 0 Å². The monoisotopic (exact) mass is 301 g/mol. The molecule has 0 aromatic heterocycles. The summed E-state index contributed by atoms with van der Waals surface area (Å²) in [5.41, 5.74) is 1.41. The van der Waals surface area contributed by atoms with Gasteiger partial charge in [0.05, 0.1) is 26.7 Å². The van der Waals surface area contributed by atoms with Gasteiger partial charge in [0, 0.05) is 5.69 Å². The fourth-order valence-corrected chi connectivity index (χ4v) is 1.96. The average molecular weight is 301 g/mol. The van der Waals surface area contributed by atoms with E-state index < -0.39 is 0 Å². The van der Waals surface area contributed by atoms with Crippen molar-refractivity contribution in [2.45, 2.75) is 13.0 Å². The molecule has 0 radical (unpaired) electrons. The number of rotatable bonds is 7. The molecule has 2 aromatic carbocycles. The summed E-state index contributed by atoms with van der Waals surface area (Å²) in [6, 6.07) is 14.4. The number of para-hydroxylation sites is 2. The molecule has 2 rings (SSSR count). The number of methoxy groups -OCH3 is 1. The number of hydrogen-bond acceptors (Lipinski definition) is 4. The molecule has 0 atom stereocenters. The Balaban J connectivity index is 1.82. The zero-order valence-electron chi connectivity index (χ0n) is 12.4. The van der Waals surface area contributed by atoms with Gasteiger partial charge in [0.2, 0.25) is 5.91 Å². The molecule has 0 saturated carbocycles. The largest absolute Gasteiger partial charge is 0.493 e. The van der Waals surface area contributed by atoms with Crippen LogP contribution in [-0.4, -0.2) is 24.7 Å². The molecule has 0 fully saturated rings. The highest BCUT2D eigenvalue weighted by molar-refractivity contribution is 5.90. The topological polar surface area (TPSA) is 67.8 Å². The third-order valence-electron chi connectivity index (χ3n) is 3.05. The molecule has 2 N–H and O–H groups in total. The van der Waals surface area contributed by atoms with Gasteiger partial charge in [-0.15, -0.1) is 0 Å². The quantitative estimate of drug-likeness (QED) is 0.825. The molecule has 1 amide bonds. The maximum Gasteiger partial charge on any atom is 0.227 e. The van der Waals surface area contributed by atoms with E-state index in [1.54, 1.807) is 43.5 Å². The normalized spacial score (nSPS) is 10.1. The van der Waals surface area contributed by atoms with Gasteiger partial charge in [0.25, 0.3) is 0 Å². The summed E-state index contributed by atoms with van der Waals surface area (Å²) < 4.78 is 10.7. The number of ether oxygens (including phenoxy) is 2. The first kappa shape index (κ1) is 15.9. The van der Waals surface area contributed by atoms with Crippen LogP contribution in [-0.2, 0) is 11.4 Å². The lowest BCUT2D eigenvalue weighted by Gasteiger charge is -2.10. The molecule has 0 saturated heterocycles. The second-order valence-electron chi connectivity index (χ2n) is 4.66. The van der Waals surface area contributed by atoms with E-state index in [9.17, 15) is 4.79 Å². The van der Waals surface area contributed by atoms with Gasteiger partial charge in [-0.05, 0) is 29.8 Å². The smallest absolute Gasteiger partial charge is 0.227 e. The van der Waals surface area contributed by atoms with E-state index in [2.05, 4.69) is 5.32 Å². The van der Waals surface area contributed by atoms with Crippen LogP contribution in [0.1, 0.15) is 12.0 Å². The molecular weight excluding hydrogens is 282 g/mol. The minimum absolute atomic E-state index is 0.0549. The second kappa shape index (κ2) is 8.05. The number of carbonyl (C=O) groups excluding carboxylic acids is 1. The molecule has 0 spiro atoms. The highest BCUT2D eigenvalue weighted by Gasteiger charge is 2.06. The summed E-state index contributed by atoms with van der Waals surface area (Å²) in [5, 5.41) is 11.8. The van der Waals surface area contributed by atoms with Crippen LogP contribution in [0, 0.1) is 0 Å². The van der Waals surface area contributed by atoms with Crippen molar-refractivity contribution >= 4 is 11.6 Å². The highest BCUT2D eigenvalue weighted by Crippen LogP contribution is 2.25. The van der Waals surface area contributed by atoms with Crippen molar-refractivity contribution in [1.29, 1.82) is 0 Å². The Morgan fingerprint density at radius 1 is 1.14 bits per heavy atom. The summed E-state index contributed by atoms with van der Waals surface area (Å²) in [6.07, 6.45) is 0.224. The van der Waals surface area contributed by atoms with Crippen LogP contribution in [0.15, 0.2) is 48.5 Å². The molecule has 5 heteroatoms. The van der Waals surface area contributed by atoms with Gasteiger partial charge in [-0.1, -0.05) is 24.3 Å². The van der Waals surface area contributed by atoms with E-state index in [0.717, 1.165) is 5.56 Å². The van der Waals surface area contributed by atoms with Crippen LogP contribution >= 0.6 is 0 Å². The highest BCUT2D eigenvalue weighted by atomic mass is 16.5. The number of benzene rings is 2. The van der Waals surface area contributed by atoms with Gasteiger partial charge in [-0.25, -0.2) is 0 Å². The van der Waals surface area contributed by atoms with Crippen LogP contribution < -0.4 is 14.8 Å². The van der Waals surface area contributed by atoms with Crippen molar-refractivity contribution in [2.24, 2.45) is 0 Å². The van der Waals surface area contributed by atoms with E-state index in [4.69, 9.17) is 14.6 Å². The zero-order valence-corrected chi connectivity index (χ0v) is 12.4. The fraction of sp³-hybridized carbons (Fsp3) is 0.235. The van der Waals surface area contributed by atoms with E-state index in [1.807, 2.05) is 12.1 Å². The molecular formula is C17H19NO4. The summed E-state index contributed by atoms with van der Waals surface area (Å²) in [6.45, 7) is 0.201. The molecule has 0 aliphatic rings. The molecule has 2 aromatic rings. The average Bonchev–Trinajstić information content (AvgIpc) is 2.55. The first-order valence-electron chi connectivity index (χ1n) is 6.98. The van der Waals surface area contributed by atoms with Crippen LogP contribution in [0.3, 0.4) is 0 Å². The summed E-state index contributed by atoms with van der Waals surface area (Å²) in [4.78, 5) is 11.9. The Hall–Kier alpha value is -2.53. The minimum atomic E-state index is -0.148. The minimum Gasteiger partial charge on any atom is -0.493 e. The van der Waals surface area contributed by atoms with Crippen LogP contribution in [0.2, 0.25) is 0 Å².